The highest BCUT2D eigenvalue weighted by Crippen LogP contribution is 2.27. The van der Waals surface area contributed by atoms with Crippen molar-refractivity contribution < 1.29 is 14.3 Å². The van der Waals surface area contributed by atoms with Crippen LogP contribution in [0.3, 0.4) is 0 Å². The summed E-state index contributed by atoms with van der Waals surface area (Å²) >= 11 is 0. The number of anilines is 2. The fraction of sp³-hybridized carbons (Fsp3) is 0.333. The van der Waals surface area contributed by atoms with Crippen LogP contribution in [0.25, 0.3) is 0 Å². The Morgan fingerprint density at radius 2 is 2.00 bits per heavy atom. The molecule has 0 spiro atoms. The molecule has 98 valence electrons. The molecule has 0 bridgehead atoms. The third-order valence-electron chi connectivity index (χ3n) is 2.19. The van der Waals surface area contributed by atoms with Crippen LogP contribution in [-0.2, 0) is 9.59 Å². The first-order valence-electron chi connectivity index (χ1n) is 5.46. The first-order valence-corrected chi connectivity index (χ1v) is 5.46. The highest BCUT2D eigenvalue weighted by atomic mass is 16.5. The highest BCUT2D eigenvalue weighted by molar-refractivity contribution is 5.96. The molecule has 0 fully saturated rings. The summed E-state index contributed by atoms with van der Waals surface area (Å²) in [5.41, 5.74) is 6.49. The number of benzene rings is 1. The second-order valence-corrected chi connectivity index (χ2v) is 3.87. The number of nitrogens with one attached hydrogen (secondary N) is 2. The van der Waals surface area contributed by atoms with Gasteiger partial charge in [-0.15, -0.1) is 0 Å². The Hall–Kier alpha value is -2.08. The molecule has 0 aliphatic heterocycles. The van der Waals surface area contributed by atoms with E-state index < -0.39 is 6.04 Å². The number of carbonyl (C=O) groups is 2. The molecule has 0 radical (unpaired) electrons. The summed E-state index contributed by atoms with van der Waals surface area (Å²) in [7, 11) is 1.50. The van der Waals surface area contributed by atoms with Crippen LogP contribution in [0, 0.1) is 0 Å². The van der Waals surface area contributed by atoms with Crippen LogP contribution in [-0.4, -0.2) is 25.0 Å². The van der Waals surface area contributed by atoms with E-state index >= 15 is 0 Å². The van der Waals surface area contributed by atoms with E-state index in [-0.39, 0.29) is 11.8 Å². The fourth-order valence-corrected chi connectivity index (χ4v) is 1.33. The molecule has 4 N–H and O–H groups in total. The molecule has 0 aromatic heterocycles. The van der Waals surface area contributed by atoms with Crippen molar-refractivity contribution in [2.75, 3.05) is 17.7 Å². The number of nitrogens with two attached hydrogens (primary N) is 1. The van der Waals surface area contributed by atoms with Crippen molar-refractivity contribution in [2.24, 2.45) is 5.73 Å². The summed E-state index contributed by atoms with van der Waals surface area (Å²) in [5, 5.41) is 5.26. The second-order valence-electron chi connectivity index (χ2n) is 3.87. The molecule has 0 saturated heterocycles. The van der Waals surface area contributed by atoms with E-state index in [1.807, 2.05) is 0 Å². The molecule has 0 saturated carbocycles. The summed E-state index contributed by atoms with van der Waals surface area (Å²) in [4.78, 5) is 22.5. The van der Waals surface area contributed by atoms with E-state index in [1.165, 1.54) is 14.0 Å². The Bertz CT molecular complexity index is 458. The van der Waals surface area contributed by atoms with E-state index in [4.69, 9.17) is 10.5 Å². The predicted octanol–water partition coefficient (Wildman–Crippen LogP) is 0.939. The van der Waals surface area contributed by atoms with Gasteiger partial charge in [0.25, 0.3) is 0 Å². The van der Waals surface area contributed by atoms with Gasteiger partial charge in [0.15, 0.2) is 0 Å². The normalized spacial score (nSPS) is 11.6. The van der Waals surface area contributed by atoms with Crippen LogP contribution in [0.2, 0.25) is 0 Å². The molecule has 0 heterocycles. The first kappa shape index (κ1) is 14.0. The number of amides is 2. The maximum atomic E-state index is 11.4. The standard InChI is InChI=1S/C12H17N3O3/c1-7(13)12(17)15-9-4-5-11(18-3)10(6-9)14-8(2)16/h4-7H,13H2,1-3H3,(H,14,16)(H,15,17)/t7-/m0/s1. The van der Waals surface area contributed by atoms with Gasteiger partial charge in [-0.1, -0.05) is 0 Å². The van der Waals surface area contributed by atoms with E-state index in [0.29, 0.717) is 17.1 Å². The molecule has 6 nitrogen and oxygen atoms in total. The third-order valence-corrected chi connectivity index (χ3v) is 2.19. The van der Waals surface area contributed by atoms with Gasteiger partial charge in [0.05, 0.1) is 18.8 Å². The van der Waals surface area contributed by atoms with E-state index in [1.54, 1.807) is 25.1 Å². The fourth-order valence-electron chi connectivity index (χ4n) is 1.33. The van der Waals surface area contributed by atoms with Crippen molar-refractivity contribution in [1.29, 1.82) is 0 Å². The predicted molar refractivity (Wildman–Crippen MR) is 69.6 cm³/mol. The lowest BCUT2D eigenvalue weighted by atomic mass is 10.2. The summed E-state index contributed by atoms with van der Waals surface area (Å²) in [6, 6.07) is 4.34. The molecular weight excluding hydrogens is 234 g/mol. The van der Waals surface area contributed by atoms with Gasteiger partial charge in [-0.2, -0.15) is 0 Å². The molecule has 1 aromatic carbocycles. The number of ether oxygens (including phenoxy) is 1. The lowest BCUT2D eigenvalue weighted by molar-refractivity contribution is -0.117. The van der Waals surface area contributed by atoms with Crippen LogP contribution >= 0.6 is 0 Å². The number of hydrogen-bond acceptors (Lipinski definition) is 4. The molecule has 1 atom stereocenters. The minimum Gasteiger partial charge on any atom is -0.495 e. The first-order chi connectivity index (χ1) is 8.43. The Morgan fingerprint density at radius 1 is 1.33 bits per heavy atom. The average Bonchev–Trinajstić information content (AvgIpc) is 2.28. The Labute approximate surface area is 105 Å². The van der Waals surface area contributed by atoms with Crippen molar-refractivity contribution in [3.8, 4) is 5.75 Å². The summed E-state index contributed by atoms with van der Waals surface area (Å²) in [6.07, 6.45) is 0. The van der Waals surface area contributed by atoms with Gasteiger partial charge in [0.2, 0.25) is 11.8 Å². The molecule has 2 amide bonds. The summed E-state index contributed by atoms with van der Waals surface area (Å²) < 4.78 is 5.10. The molecule has 18 heavy (non-hydrogen) atoms. The SMILES string of the molecule is COc1ccc(NC(=O)[C@H](C)N)cc1NC(C)=O. The Kier molecular flexibility index (Phi) is 4.67. The quantitative estimate of drug-likeness (QED) is 0.742. The largest absolute Gasteiger partial charge is 0.495 e. The summed E-state index contributed by atoms with van der Waals surface area (Å²) in [5.74, 6) is 0.00177. The van der Waals surface area contributed by atoms with Crippen LogP contribution in [0.1, 0.15) is 13.8 Å². The lowest BCUT2D eigenvalue weighted by Gasteiger charge is -2.12. The molecule has 6 heteroatoms. The monoisotopic (exact) mass is 251 g/mol. The average molecular weight is 251 g/mol. The molecule has 0 aliphatic rings. The van der Waals surface area contributed by atoms with Crippen LogP contribution in [0.4, 0.5) is 11.4 Å². The van der Waals surface area contributed by atoms with Crippen molar-refractivity contribution in [1.82, 2.24) is 0 Å². The van der Waals surface area contributed by atoms with Crippen molar-refractivity contribution in [3.05, 3.63) is 18.2 Å². The van der Waals surface area contributed by atoms with Crippen molar-refractivity contribution >= 4 is 23.2 Å². The summed E-state index contributed by atoms with van der Waals surface area (Å²) in [6.45, 7) is 2.99. The number of rotatable bonds is 4. The van der Waals surface area contributed by atoms with Gasteiger partial charge in [-0.3, -0.25) is 9.59 Å². The number of carbonyl (C=O) groups excluding carboxylic acids is 2. The second kappa shape index (κ2) is 6.02. The van der Waals surface area contributed by atoms with Crippen LogP contribution in [0.15, 0.2) is 18.2 Å². The number of methoxy groups -OCH3 is 1. The van der Waals surface area contributed by atoms with Crippen molar-refractivity contribution in [2.45, 2.75) is 19.9 Å². The molecule has 0 unspecified atom stereocenters. The lowest BCUT2D eigenvalue weighted by Crippen LogP contribution is -2.32. The topological polar surface area (TPSA) is 93.4 Å². The Balaban J connectivity index is 2.95. The minimum absolute atomic E-state index is 0.219. The number of hydrogen-bond donors (Lipinski definition) is 3. The molecule has 1 aromatic rings. The van der Waals surface area contributed by atoms with Crippen LogP contribution < -0.4 is 21.1 Å². The zero-order chi connectivity index (χ0) is 13.7. The van der Waals surface area contributed by atoms with Gasteiger partial charge in [-0.05, 0) is 25.1 Å². The van der Waals surface area contributed by atoms with E-state index in [0.717, 1.165) is 0 Å². The maximum absolute atomic E-state index is 11.4. The zero-order valence-electron chi connectivity index (χ0n) is 10.6. The van der Waals surface area contributed by atoms with Gasteiger partial charge in [-0.25, -0.2) is 0 Å². The molecule has 1 rings (SSSR count). The van der Waals surface area contributed by atoms with Crippen molar-refractivity contribution in [3.63, 3.8) is 0 Å². The zero-order valence-corrected chi connectivity index (χ0v) is 10.6. The van der Waals surface area contributed by atoms with E-state index in [9.17, 15) is 9.59 Å². The van der Waals surface area contributed by atoms with Gasteiger partial charge >= 0.3 is 0 Å². The van der Waals surface area contributed by atoms with Gasteiger partial charge in [0, 0.05) is 12.6 Å². The molecule has 0 aliphatic carbocycles. The highest BCUT2D eigenvalue weighted by Gasteiger charge is 2.10. The third kappa shape index (κ3) is 3.74. The van der Waals surface area contributed by atoms with Crippen LogP contribution in [0.5, 0.6) is 5.75 Å². The van der Waals surface area contributed by atoms with Gasteiger partial charge in [0.1, 0.15) is 5.75 Å². The Morgan fingerprint density at radius 3 is 2.50 bits per heavy atom. The minimum atomic E-state index is -0.601. The maximum Gasteiger partial charge on any atom is 0.240 e. The van der Waals surface area contributed by atoms with Gasteiger partial charge < -0.3 is 21.1 Å². The molecular formula is C12H17N3O3. The van der Waals surface area contributed by atoms with E-state index in [2.05, 4.69) is 10.6 Å². The smallest absolute Gasteiger partial charge is 0.240 e.